The Morgan fingerprint density at radius 2 is 1.66 bits per heavy atom. The molecular formula is C27H25ClN2O5. The van der Waals surface area contributed by atoms with Gasteiger partial charge in [0.2, 0.25) is 17.7 Å². The van der Waals surface area contributed by atoms with E-state index in [1.54, 1.807) is 49.4 Å². The lowest BCUT2D eigenvalue weighted by molar-refractivity contribution is -0.139. The standard InChI is InChI=1S/C27H25ClN2O5/c1-14-10-18(35-27(34)17-12-22(31)29(13-17)21-5-3-2-4-19(21)28)8-9-20(14)30-25(32)23-15-6-7-16(11-15)24(23)26(30)33/h2-5,8-10,15-17,23-24H,6-7,11-13H2,1H3/t15-,16-,17+,23-,24+/m0/s1. The summed E-state index contributed by atoms with van der Waals surface area (Å²) in [5.41, 5.74) is 1.81. The molecule has 8 heteroatoms. The lowest BCUT2D eigenvalue weighted by atomic mass is 9.81. The first kappa shape index (κ1) is 22.3. The van der Waals surface area contributed by atoms with Gasteiger partial charge in [-0.2, -0.15) is 0 Å². The molecule has 2 heterocycles. The van der Waals surface area contributed by atoms with Gasteiger partial charge in [-0.3, -0.25) is 19.2 Å². The summed E-state index contributed by atoms with van der Waals surface area (Å²) in [6.07, 6.45) is 3.10. The number of halogens is 1. The van der Waals surface area contributed by atoms with Crippen molar-refractivity contribution in [2.45, 2.75) is 32.6 Å². The van der Waals surface area contributed by atoms with Crippen molar-refractivity contribution in [3.05, 3.63) is 53.1 Å². The van der Waals surface area contributed by atoms with Crippen LogP contribution in [0.5, 0.6) is 5.75 Å². The van der Waals surface area contributed by atoms with Crippen molar-refractivity contribution in [1.82, 2.24) is 0 Å². The van der Waals surface area contributed by atoms with E-state index in [-0.39, 0.29) is 42.5 Å². The molecule has 2 aliphatic carbocycles. The minimum atomic E-state index is -0.615. The molecule has 0 aromatic heterocycles. The van der Waals surface area contributed by atoms with Crippen molar-refractivity contribution < 1.29 is 23.9 Å². The normalized spacial score (nSPS) is 29.3. The number of aryl methyl sites for hydroxylation is 1. The third kappa shape index (κ3) is 3.47. The van der Waals surface area contributed by atoms with Gasteiger partial charge in [0.1, 0.15) is 5.75 Å². The van der Waals surface area contributed by atoms with E-state index in [9.17, 15) is 19.2 Å². The van der Waals surface area contributed by atoms with Crippen LogP contribution in [0.25, 0.3) is 0 Å². The Balaban J connectivity index is 1.16. The zero-order chi connectivity index (χ0) is 24.4. The van der Waals surface area contributed by atoms with E-state index < -0.39 is 11.9 Å². The summed E-state index contributed by atoms with van der Waals surface area (Å²) in [4.78, 5) is 54.5. The molecule has 180 valence electrons. The third-order valence-corrected chi connectivity index (χ3v) is 8.48. The highest BCUT2D eigenvalue weighted by Gasteiger charge is 2.61. The highest BCUT2D eigenvalue weighted by molar-refractivity contribution is 6.34. The molecule has 4 aliphatic rings. The van der Waals surface area contributed by atoms with Crippen LogP contribution >= 0.6 is 11.6 Å². The number of rotatable bonds is 4. The molecule has 2 aromatic carbocycles. The van der Waals surface area contributed by atoms with Gasteiger partial charge < -0.3 is 9.64 Å². The number of carbonyl (C=O) groups excluding carboxylic acids is 4. The summed E-state index contributed by atoms with van der Waals surface area (Å²) in [7, 11) is 0. The molecule has 2 aliphatic heterocycles. The van der Waals surface area contributed by atoms with E-state index in [0.717, 1.165) is 19.3 Å². The van der Waals surface area contributed by atoms with Gasteiger partial charge in [0, 0.05) is 13.0 Å². The second-order valence-corrected chi connectivity index (χ2v) is 10.5. The van der Waals surface area contributed by atoms with Crippen molar-refractivity contribution in [2.24, 2.45) is 29.6 Å². The molecule has 0 unspecified atom stereocenters. The Hall–Kier alpha value is -3.19. The highest BCUT2D eigenvalue weighted by Crippen LogP contribution is 2.56. The number of esters is 1. The predicted octanol–water partition coefficient (Wildman–Crippen LogP) is 4.14. The molecule has 5 atom stereocenters. The number of anilines is 2. The van der Waals surface area contributed by atoms with Crippen LogP contribution in [0.4, 0.5) is 11.4 Å². The number of carbonyl (C=O) groups is 4. The average molecular weight is 493 g/mol. The summed E-state index contributed by atoms with van der Waals surface area (Å²) in [5, 5.41) is 0.448. The van der Waals surface area contributed by atoms with Crippen LogP contribution in [-0.2, 0) is 19.2 Å². The second-order valence-electron chi connectivity index (χ2n) is 10.1. The number of nitrogens with zero attached hydrogens (tertiary/aromatic N) is 2. The fourth-order valence-corrected chi connectivity index (χ4v) is 6.79. The first-order valence-electron chi connectivity index (χ1n) is 12.1. The number of hydrogen-bond donors (Lipinski definition) is 0. The molecule has 2 aromatic rings. The smallest absolute Gasteiger partial charge is 0.316 e. The quantitative estimate of drug-likeness (QED) is 0.364. The first-order chi connectivity index (χ1) is 16.8. The summed E-state index contributed by atoms with van der Waals surface area (Å²) in [5.74, 6) is -0.879. The zero-order valence-corrected chi connectivity index (χ0v) is 20.0. The number of hydrogen-bond acceptors (Lipinski definition) is 5. The third-order valence-electron chi connectivity index (χ3n) is 8.16. The molecule has 2 saturated carbocycles. The lowest BCUT2D eigenvalue weighted by Crippen LogP contribution is -2.33. The van der Waals surface area contributed by atoms with Gasteiger partial charge in [0.05, 0.1) is 34.2 Å². The van der Waals surface area contributed by atoms with Gasteiger partial charge in [-0.15, -0.1) is 0 Å². The monoisotopic (exact) mass is 492 g/mol. The number of para-hydroxylation sites is 1. The fourth-order valence-electron chi connectivity index (χ4n) is 6.56. The first-order valence-corrected chi connectivity index (χ1v) is 12.5. The van der Waals surface area contributed by atoms with Crippen molar-refractivity contribution in [2.75, 3.05) is 16.3 Å². The Labute approximate surface area is 208 Å². The van der Waals surface area contributed by atoms with Crippen LogP contribution < -0.4 is 14.5 Å². The van der Waals surface area contributed by atoms with Crippen LogP contribution in [0, 0.1) is 36.5 Å². The molecular weight excluding hydrogens is 468 g/mol. The lowest BCUT2D eigenvalue weighted by Gasteiger charge is -2.20. The van der Waals surface area contributed by atoms with Gasteiger partial charge in [0.15, 0.2) is 0 Å². The van der Waals surface area contributed by atoms with Gasteiger partial charge in [-0.25, -0.2) is 4.90 Å². The van der Waals surface area contributed by atoms with Crippen LogP contribution in [-0.4, -0.2) is 30.2 Å². The number of imide groups is 1. The molecule has 2 bridgehead atoms. The van der Waals surface area contributed by atoms with Crippen LogP contribution in [0.15, 0.2) is 42.5 Å². The summed E-state index contributed by atoms with van der Waals surface area (Å²) >= 11 is 6.22. The van der Waals surface area contributed by atoms with E-state index in [4.69, 9.17) is 16.3 Å². The molecule has 2 saturated heterocycles. The van der Waals surface area contributed by atoms with Gasteiger partial charge in [-0.05, 0) is 73.9 Å². The van der Waals surface area contributed by atoms with Crippen molar-refractivity contribution >= 4 is 46.7 Å². The van der Waals surface area contributed by atoms with E-state index in [0.29, 0.717) is 39.5 Å². The van der Waals surface area contributed by atoms with E-state index in [2.05, 4.69) is 0 Å². The predicted molar refractivity (Wildman–Crippen MR) is 129 cm³/mol. The fraction of sp³-hybridized carbons (Fsp3) is 0.407. The largest absolute Gasteiger partial charge is 0.426 e. The van der Waals surface area contributed by atoms with Crippen molar-refractivity contribution in [3.8, 4) is 5.75 Å². The molecule has 3 amide bonds. The second kappa shape index (κ2) is 8.19. The maximum Gasteiger partial charge on any atom is 0.316 e. The van der Waals surface area contributed by atoms with E-state index in [1.165, 1.54) is 9.80 Å². The molecule has 35 heavy (non-hydrogen) atoms. The summed E-state index contributed by atoms with van der Waals surface area (Å²) in [6, 6.07) is 12.0. The number of fused-ring (bicyclic) bond motifs is 5. The van der Waals surface area contributed by atoms with Crippen molar-refractivity contribution in [1.29, 1.82) is 0 Å². The maximum absolute atomic E-state index is 13.2. The van der Waals surface area contributed by atoms with Crippen molar-refractivity contribution in [3.63, 3.8) is 0 Å². The van der Waals surface area contributed by atoms with Gasteiger partial charge >= 0.3 is 5.97 Å². The van der Waals surface area contributed by atoms with Gasteiger partial charge in [0.25, 0.3) is 0 Å². The Bertz CT molecular complexity index is 1250. The van der Waals surface area contributed by atoms with Crippen LogP contribution in [0.2, 0.25) is 5.02 Å². The average Bonchev–Trinajstić information content (AvgIpc) is 3.59. The minimum Gasteiger partial charge on any atom is -0.426 e. The molecule has 0 radical (unpaired) electrons. The molecule has 0 N–H and O–H groups in total. The summed E-state index contributed by atoms with van der Waals surface area (Å²) in [6.45, 7) is 1.99. The highest BCUT2D eigenvalue weighted by atomic mass is 35.5. The van der Waals surface area contributed by atoms with Crippen LogP contribution in [0.1, 0.15) is 31.2 Å². The number of ether oxygens (including phenoxy) is 1. The minimum absolute atomic E-state index is 0.0447. The Morgan fingerprint density at radius 1 is 0.971 bits per heavy atom. The molecule has 7 nitrogen and oxygen atoms in total. The topological polar surface area (TPSA) is 84.0 Å². The summed E-state index contributed by atoms with van der Waals surface area (Å²) < 4.78 is 5.59. The maximum atomic E-state index is 13.2. The van der Waals surface area contributed by atoms with E-state index >= 15 is 0 Å². The van der Waals surface area contributed by atoms with Crippen LogP contribution in [0.3, 0.4) is 0 Å². The Kier molecular flexibility index (Phi) is 5.22. The molecule has 4 fully saturated rings. The Morgan fingerprint density at radius 3 is 2.31 bits per heavy atom. The SMILES string of the molecule is Cc1cc(OC(=O)[C@@H]2CC(=O)N(c3ccccc3Cl)C2)ccc1N1C(=O)[C@@H]2[C@H]3CC[C@@H](C3)[C@@H]2C1=O. The van der Waals surface area contributed by atoms with Gasteiger partial charge in [-0.1, -0.05) is 23.7 Å². The van der Waals surface area contributed by atoms with E-state index in [1.807, 2.05) is 0 Å². The zero-order valence-electron chi connectivity index (χ0n) is 19.3. The molecule has 6 rings (SSSR count). The number of benzene rings is 2. The molecule has 0 spiro atoms. The number of amides is 3.